The summed E-state index contributed by atoms with van der Waals surface area (Å²) in [6, 6.07) is 17.2. The fourth-order valence-electron chi connectivity index (χ4n) is 4.20. The third kappa shape index (κ3) is 5.58. The van der Waals surface area contributed by atoms with E-state index in [0.717, 1.165) is 17.0 Å². The number of pyridine rings is 1. The van der Waals surface area contributed by atoms with Gasteiger partial charge in [0.25, 0.3) is 5.91 Å². The van der Waals surface area contributed by atoms with Crippen molar-refractivity contribution in [1.29, 1.82) is 5.41 Å². The fraction of sp³-hybridized carbons (Fsp3) is 0.222. The molecular weight excluding hydrogens is 470 g/mol. The number of carbonyl (C=O) groups is 2. The van der Waals surface area contributed by atoms with Crippen molar-refractivity contribution in [3.05, 3.63) is 83.8 Å². The van der Waals surface area contributed by atoms with Crippen LogP contribution < -0.4 is 16.0 Å². The van der Waals surface area contributed by atoms with Crippen molar-refractivity contribution in [2.45, 2.75) is 32.4 Å². The number of aryl methyl sites for hydroxylation is 1. The second-order valence-electron chi connectivity index (χ2n) is 8.66. The number of nitrogens with one attached hydrogen (secondary N) is 2. The van der Waals surface area contributed by atoms with E-state index < -0.39 is 12.0 Å². The van der Waals surface area contributed by atoms with Gasteiger partial charge in [0.2, 0.25) is 0 Å². The van der Waals surface area contributed by atoms with Crippen LogP contribution in [0.3, 0.4) is 0 Å². The first-order chi connectivity index (χ1) is 17.8. The number of carboxylic acids is 1. The van der Waals surface area contributed by atoms with Gasteiger partial charge < -0.3 is 20.7 Å². The van der Waals surface area contributed by atoms with Crippen LogP contribution in [0.1, 0.15) is 41.5 Å². The molecule has 5 N–H and O–H groups in total. The minimum atomic E-state index is -0.978. The molecule has 2 heterocycles. The molecule has 0 aliphatic carbocycles. The zero-order valence-corrected chi connectivity index (χ0v) is 20.7. The number of amidine groups is 1. The molecule has 10 nitrogen and oxygen atoms in total. The zero-order chi connectivity index (χ0) is 26.5. The van der Waals surface area contributed by atoms with Crippen LogP contribution in [-0.2, 0) is 18.4 Å². The van der Waals surface area contributed by atoms with Crippen molar-refractivity contribution < 1.29 is 14.7 Å². The molecule has 0 saturated heterocycles. The van der Waals surface area contributed by atoms with Crippen LogP contribution in [0, 0.1) is 5.41 Å². The van der Waals surface area contributed by atoms with Crippen LogP contribution in [0.25, 0.3) is 11.0 Å². The summed E-state index contributed by atoms with van der Waals surface area (Å²) in [5.74, 6) is -0.114. The second-order valence-corrected chi connectivity index (χ2v) is 8.66. The molecule has 0 fully saturated rings. The third-order valence-electron chi connectivity index (χ3n) is 6.23. The van der Waals surface area contributed by atoms with Crippen molar-refractivity contribution >= 4 is 40.3 Å². The number of hydrogen-bond acceptors (Lipinski definition) is 6. The van der Waals surface area contributed by atoms with Gasteiger partial charge in [-0.3, -0.25) is 19.9 Å². The highest BCUT2D eigenvalue weighted by atomic mass is 16.4. The molecule has 1 atom stereocenters. The fourth-order valence-corrected chi connectivity index (χ4v) is 4.20. The van der Waals surface area contributed by atoms with Crippen molar-refractivity contribution in [1.82, 2.24) is 14.5 Å². The van der Waals surface area contributed by atoms with Crippen LogP contribution >= 0.6 is 0 Å². The Labute approximate surface area is 214 Å². The Morgan fingerprint density at radius 3 is 2.49 bits per heavy atom. The van der Waals surface area contributed by atoms with E-state index >= 15 is 0 Å². The summed E-state index contributed by atoms with van der Waals surface area (Å²) in [5, 5.41) is 20.2. The van der Waals surface area contributed by atoms with Gasteiger partial charge in [-0.1, -0.05) is 13.0 Å². The number of nitrogens with two attached hydrogens (primary N) is 1. The first-order valence-electron chi connectivity index (χ1n) is 11.9. The molecule has 0 spiro atoms. The lowest BCUT2D eigenvalue weighted by Gasteiger charge is -2.29. The molecule has 37 heavy (non-hydrogen) atoms. The molecule has 10 heteroatoms. The van der Waals surface area contributed by atoms with E-state index in [1.54, 1.807) is 48.7 Å². The highest BCUT2D eigenvalue weighted by Gasteiger charge is 2.28. The number of aliphatic carboxylic acids is 1. The lowest BCUT2D eigenvalue weighted by molar-refractivity contribution is -0.137. The predicted molar refractivity (Wildman–Crippen MR) is 143 cm³/mol. The summed E-state index contributed by atoms with van der Waals surface area (Å²) in [6.45, 7) is 2.30. The molecule has 0 radical (unpaired) electrons. The maximum atomic E-state index is 13.7. The number of imidazole rings is 1. The van der Waals surface area contributed by atoms with E-state index in [9.17, 15) is 14.7 Å². The Hall–Kier alpha value is -4.73. The zero-order valence-electron chi connectivity index (χ0n) is 20.7. The number of nitrogens with zero attached hydrogens (tertiary/aromatic N) is 4. The highest BCUT2D eigenvalue weighted by molar-refractivity contribution is 6.07. The third-order valence-corrected chi connectivity index (χ3v) is 6.23. The number of carbonyl (C=O) groups excluding carboxylic acids is 1. The van der Waals surface area contributed by atoms with Crippen molar-refractivity contribution in [2.24, 2.45) is 12.8 Å². The number of rotatable bonds is 10. The molecule has 0 bridgehead atoms. The van der Waals surface area contributed by atoms with Crippen LogP contribution in [0.4, 0.5) is 11.5 Å². The molecule has 4 aromatic rings. The molecule has 2 aromatic heterocycles. The number of aromatic nitrogens is 3. The maximum Gasteiger partial charge on any atom is 0.305 e. The van der Waals surface area contributed by atoms with Gasteiger partial charge in [0.1, 0.15) is 17.5 Å². The molecule has 190 valence electrons. The molecule has 2 aromatic carbocycles. The summed E-state index contributed by atoms with van der Waals surface area (Å²) in [4.78, 5) is 35.7. The highest BCUT2D eigenvalue weighted by Crippen LogP contribution is 2.24. The Balaban J connectivity index is 1.61. The Bertz CT molecular complexity index is 1430. The first kappa shape index (κ1) is 25.4. The summed E-state index contributed by atoms with van der Waals surface area (Å²) < 4.78 is 1.95. The number of anilines is 2. The quantitative estimate of drug-likeness (QED) is 0.192. The smallest absolute Gasteiger partial charge is 0.305 e. The molecule has 0 saturated carbocycles. The Morgan fingerprint density at radius 1 is 1.14 bits per heavy atom. The maximum absolute atomic E-state index is 13.7. The van der Waals surface area contributed by atoms with E-state index in [2.05, 4.69) is 10.3 Å². The van der Waals surface area contributed by atoms with E-state index in [1.165, 1.54) is 4.90 Å². The summed E-state index contributed by atoms with van der Waals surface area (Å²) in [6.07, 6.45) is 1.86. The second kappa shape index (κ2) is 10.9. The SMILES string of the molecule is CCC(CC(=O)O)N(C(=O)c1ccc2c(c1)nc(CNc1ccc(C(=N)N)cc1)n2C)c1ccccn1. The van der Waals surface area contributed by atoms with Crippen molar-refractivity contribution in [3.63, 3.8) is 0 Å². The number of nitrogen functional groups attached to an aromatic ring is 1. The minimum absolute atomic E-state index is 0.0158. The van der Waals surface area contributed by atoms with Gasteiger partial charge in [-0.2, -0.15) is 0 Å². The van der Waals surface area contributed by atoms with Gasteiger partial charge in [-0.05, 0) is 61.0 Å². The van der Waals surface area contributed by atoms with Gasteiger partial charge >= 0.3 is 5.97 Å². The predicted octanol–water partition coefficient (Wildman–Crippen LogP) is 3.76. The topological polar surface area (TPSA) is 150 Å². The van der Waals surface area contributed by atoms with E-state index in [0.29, 0.717) is 35.4 Å². The number of amides is 1. The van der Waals surface area contributed by atoms with Gasteiger partial charge in [-0.15, -0.1) is 0 Å². The molecule has 0 aliphatic heterocycles. The number of hydrogen-bond donors (Lipinski definition) is 4. The van der Waals surface area contributed by atoms with Gasteiger partial charge in [0.05, 0.1) is 24.0 Å². The van der Waals surface area contributed by atoms with Crippen LogP contribution in [0.5, 0.6) is 0 Å². The molecule has 1 unspecified atom stereocenters. The lowest BCUT2D eigenvalue weighted by atomic mass is 10.1. The van der Waals surface area contributed by atoms with Gasteiger partial charge in [0.15, 0.2) is 0 Å². The normalized spacial score (nSPS) is 11.7. The van der Waals surface area contributed by atoms with Crippen LogP contribution in [-0.4, -0.2) is 43.4 Å². The first-order valence-corrected chi connectivity index (χ1v) is 11.9. The molecular formula is C27H29N7O3. The Morgan fingerprint density at radius 2 is 1.86 bits per heavy atom. The Kier molecular flexibility index (Phi) is 7.47. The molecule has 0 aliphatic rings. The van der Waals surface area contributed by atoms with E-state index in [-0.39, 0.29) is 18.2 Å². The molecule has 1 amide bonds. The number of fused-ring (bicyclic) bond motifs is 1. The van der Waals surface area contributed by atoms with E-state index in [1.807, 2.05) is 36.7 Å². The summed E-state index contributed by atoms with van der Waals surface area (Å²) in [5.41, 5.74) is 8.95. The van der Waals surface area contributed by atoms with Crippen molar-refractivity contribution in [2.75, 3.05) is 10.2 Å². The van der Waals surface area contributed by atoms with Crippen LogP contribution in [0.15, 0.2) is 66.9 Å². The average molecular weight is 500 g/mol. The summed E-state index contributed by atoms with van der Waals surface area (Å²) in [7, 11) is 1.91. The lowest BCUT2D eigenvalue weighted by Crippen LogP contribution is -2.42. The largest absolute Gasteiger partial charge is 0.481 e. The van der Waals surface area contributed by atoms with Crippen LogP contribution in [0.2, 0.25) is 0 Å². The average Bonchev–Trinajstić information content (AvgIpc) is 3.22. The van der Waals surface area contributed by atoms with Gasteiger partial charge in [0, 0.05) is 36.1 Å². The number of benzene rings is 2. The summed E-state index contributed by atoms with van der Waals surface area (Å²) >= 11 is 0. The van der Waals surface area contributed by atoms with E-state index in [4.69, 9.17) is 16.1 Å². The molecule has 4 rings (SSSR count). The number of carboxylic acid groups (broad SMARTS) is 1. The van der Waals surface area contributed by atoms with Crippen molar-refractivity contribution in [3.8, 4) is 0 Å². The monoisotopic (exact) mass is 499 g/mol. The standard InChI is InChI=1S/C27H29N7O3/c1-3-20(15-25(35)36)34(23-6-4-5-13-30-23)27(37)18-9-12-22-21(14-18)32-24(33(22)2)16-31-19-10-7-17(8-11-19)26(28)29/h4-14,20,31H,3,15-16H2,1-2H3,(H3,28,29)(H,35,36). The minimum Gasteiger partial charge on any atom is -0.481 e. The van der Waals surface area contributed by atoms with Gasteiger partial charge in [-0.25, -0.2) is 9.97 Å².